The molecule has 86 valence electrons. The number of rotatable bonds is 4. The van der Waals surface area contributed by atoms with E-state index < -0.39 is 0 Å². The van der Waals surface area contributed by atoms with Crippen molar-refractivity contribution in [3.63, 3.8) is 0 Å². The molecule has 0 saturated carbocycles. The van der Waals surface area contributed by atoms with Gasteiger partial charge in [0.1, 0.15) is 11.4 Å². The Hall–Kier alpha value is -1.06. The number of amides is 2. The molecule has 1 aliphatic rings. The third-order valence-electron chi connectivity index (χ3n) is 3.55. The molecular formula is C11H21N3O. The van der Waals surface area contributed by atoms with E-state index in [0.29, 0.717) is 11.8 Å². The maximum atomic E-state index is 11.7. The minimum atomic E-state index is -0.387. The summed E-state index contributed by atoms with van der Waals surface area (Å²) in [5.41, 5.74) is 5.50. The van der Waals surface area contributed by atoms with Crippen LogP contribution in [0, 0.1) is 5.92 Å². The summed E-state index contributed by atoms with van der Waals surface area (Å²) in [4.78, 5) is 17.4. The molecule has 4 nitrogen and oxygen atoms in total. The van der Waals surface area contributed by atoms with Crippen molar-refractivity contribution >= 4 is 11.9 Å². The van der Waals surface area contributed by atoms with Gasteiger partial charge < -0.3 is 10.6 Å². The summed E-state index contributed by atoms with van der Waals surface area (Å²) < 4.78 is 0. The molecular weight excluding hydrogens is 190 g/mol. The van der Waals surface area contributed by atoms with Gasteiger partial charge in [-0.05, 0) is 19.3 Å². The molecule has 2 amide bonds. The van der Waals surface area contributed by atoms with Crippen LogP contribution in [-0.4, -0.2) is 28.9 Å². The molecule has 0 spiro atoms. The smallest absolute Gasteiger partial charge is 0.346 e. The SMILES string of the molecule is CCCN1C(=O)N=C(N)C1(C)C(C)CC. The number of carbonyl (C=O) groups excluding carboxylic acids is 1. The fraction of sp³-hybridized carbons (Fsp3) is 0.818. The lowest BCUT2D eigenvalue weighted by Crippen LogP contribution is -2.56. The Bertz CT molecular complexity index is 288. The number of nitrogens with zero attached hydrogens (tertiary/aromatic N) is 2. The van der Waals surface area contributed by atoms with Crippen molar-refractivity contribution in [3.8, 4) is 0 Å². The molecule has 0 aromatic rings. The lowest BCUT2D eigenvalue weighted by atomic mass is 9.83. The largest absolute Gasteiger partial charge is 0.385 e. The minimum Gasteiger partial charge on any atom is -0.385 e. The van der Waals surface area contributed by atoms with Crippen LogP contribution in [0.25, 0.3) is 0 Å². The van der Waals surface area contributed by atoms with Crippen molar-refractivity contribution in [2.45, 2.75) is 46.1 Å². The highest BCUT2D eigenvalue weighted by Gasteiger charge is 2.47. The zero-order valence-electron chi connectivity index (χ0n) is 10.1. The molecule has 0 saturated heterocycles. The highest BCUT2D eigenvalue weighted by molar-refractivity contribution is 6.05. The van der Waals surface area contributed by atoms with Gasteiger partial charge in [-0.1, -0.05) is 27.2 Å². The van der Waals surface area contributed by atoms with Crippen LogP contribution in [0.4, 0.5) is 4.79 Å². The second kappa shape index (κ2) is 4.21. The summed E-state index contributed by atoms with van der Waals surface area (Å²) in [5.74, 6) is 0.801. The topological polar surface area (TPSA) is 58.7 Å². The van der Waals surface area contributed by atoms with E-state index in [0.717, 1.165) is 19.4 Å². The van der Waals surface area contributed by atoms with Crippen molar-refractivity contribution in [2.24, 2.45) is 16.6 Å². The molecule has 2 N–H and O–H groups in total. The Morgan fingerprint density at radius 1 is 1.53 bits per heavy atom. The van der Waals surface area contributed by atoms with E-state index in [4.69, 9.17) is 5.73 Å². The van der Waals surface area contributed by atoms with Gasteiger partial charge in [-0.3, -0.25) is 0 Å². The third kappa shape index (κ3) is 1.73. The van der Waals surface area contributed by atoms with E-state index in [2.05, 4.69) is 25.8 Å². The summed E-state index contributed by atoms with van der Waals surface area (Å²) in [6, 6.07) is -0.183. The Kier molecular flexibility index (Phi) is 3.37. The van der Waals surface area contributed by atoms with Gasteiger partial charge in [0.25, 0.3) is 0 Å². The predicted molar refractivity (Wildman–Crippen MR) is 61.9 cm³/mol. The Labute approximate surface area is 91.5 Å². The lowest BCUT2D eigenvalue weighted by molar-refractivity contribution is 0.145. The number of urea groups is 1. The monoisotopic (exact) mass is 211 g/mol. The number of aliphatic imine (C=N–C) groups is 1. The van der Waals surface area contributed by atoms with Gasteiger partial charge in [0, 0.05) is 6.54 Å². The zero-order chi connectivity index (χ0) is 11.6. The average Bonchev–Trinajstić information content (AvgIpc) is 2.42. The predicted octanol–water partition coefficient (Wildman–Crippen LogP) is 1.99. The maximum Gasteiger partial charge on any atom is 0.346 e. The molecule has 4 heteroatoms. The molecule has 2 unspecified atom stereocenters. The number of hydrogen-bond donors (Lipinski definition) is 1. The Morgan fingerprint density at radius 3 is 2.60 bits per heavy atom. The van der Waals surface area contributed by atoms with Crippen molar-refractivity contribution in [1.82, 2.24) is 4.90 Å². The van der Waals surface area contributed by atoms with Gasteiger partial charge in [-0.15, -0.1) is 0 Å². The third-order valence-corrected chi connectivity index (χ3v) is 3.55. The van der Waals surface area contributed by atoms with Gasteiger partial charge in [0.05, 0.1) is 0 Å². The maximum absolute atomic E-state index is 11.7. The van der Waals surface area contributed by atoms with Gasteiger partial charge in [-0.2, -0.15) is 4.99 Å². The molecule has 1 rings (SSSR count). The average molecular weight is 211 g/mol. The van der Waals surface area contributed by atoms with E-state index in [1.807, 2.05) is 6.92 Å². The van der Waals surface area contributed by atoms with Crippen LogP contribution in [0.15, 0.2) is 4.99 Å². The number of amidine groups is 1. The summed E-state index contributed by atoms with van der Waals surface area (Å²) in [6.45, 7) is 9.02. The minimum absolute atomic E-state index is 0.183. The van der Waals surface area contributed by atoms with Gasteiger partial charge in [0.15, 0.2) is 0 Å². The van der Waals surface area contributed by atoms with Crippen LogP contribution in [-0.2, 0) is 0 Å². The van der Waals surface area contributed by atoms with Crippen molar-refractivity contribution in [3.05, 3.63) is 0 Å². The van der Waals surface area contributed by atoms with Crippen LogP contribution in [0.2, 0.25) is 0 Å². The second-order valence-corrected chi connectivity index (χ2v) is 4.39. The number of carbonyl (C=O) groups is 1. The molecule has 15 heavy (non-hydrogen) atoms. The highest BCUT2D eigenvalue weighted by Crippen LogP contribution is 2.32. The van der Waals surface area contributed by atoms with Crippen molar-refractivity contribution in [2.75, 3.05) is 6.54 Å². The van der Waals surface area contributed by atoms with E-state index in [1.54, 1.807) is 4.90 Å². The van der Waals surface area contributed by atoms with Crippen LogP contribution in [0.1, 0.15) is 40.5 Å². The molecule has 0 aliphatic carbocycles. The normalized spacial score (nSPS) is 28.1. The van der Waals surface area contributed by atoms with Crippen molar-refractivity contribution < 1.29 is 4.79 Å². The fourth-order valence-corrected chi connectivity index (χ4v) is 2.08. The molecule has 0 bridgehead atoms. The first-order valence-corrected chi connectivity index (χ1v) is 5.64. The van der Waals surface area contributed by atoms with E-state index >= 15 is 0 Å². The van der Waals surface area contributed by atoms with Gasteiger partial charge in [-0.25, -0.2) is 4.79 Å². The quantitative estimate of drug-likeness (QED) is 0.773. The summed E-state index contributed by atoms with van der Waals surface area (Å²) >= 11 is 0. The van der Waals surface area contributed by atoms with Crippen LogP contribution >= 0.6 is 0 Å². The molecule has 1 heterocycles. The first-order valence-electron chi connectivity index (χ1n) is 5.64. The Balaban J connectivity index is 3.01. The molecule has 0 aromatic heterocycles. The highest BCUT2D eigenvalue weighted by atomic mass is 16.2. The first-order chi connectivity index (χ1) is 6.98. The Morgan fingerprint density at radius 2 is 2.13 bits per heavy atom. The van der Waals surface area contributed by atoms with Crippen LogP contribution in [0.5, 0.6) is 0 Å². The van der Waals surface area contributed by atoms with E-state index in [9.17, 15) is 4.79 Å². The van der Waals surface area contributed by atoms with Gasteiger partial charge >= 0.3 is 6.03 Å². The summed E-state index contributed by atoms with van der Waals surface area (Å²) in [5, 5.41) is 0. The van der Waals surface area contributed by atoms with E-state index in [1.165, 1.54) is 0 Å². The van der Waals surface area contributed by atoms with E-state index in [-0.39, 0.29) is 11.6 Å². The zero-order valence-corrected chi connectivity index (χ0v) is 10.1. The standard InChI is InChI=1S/C11H21N3O/c1-5-7-14-10(15)13-9(12)11(14,4)8(3)6-2/h8H,5-7H2,1-4H3,(H2,12,13,15). The molecule has 0 fully saturated rings. The number of nitrogens with two attached hydrogens (primary N) is 1. The van der Waals surface area contributed by atoms with Crippen LogP contribution < -0.4 is 5.73 Å². The van der Waals surface area contributed by atoms with Gasteiger partial charge in [0.2, 0.25) is 0 Å². The first kappa shape index (κ1) is 12.0. The summed E-state index contributed by atoms with van der Waals surface area (Å²) in [6.07, 6.45) is 1.92. The number of hydrogen-bond acceptors (Lipinski definition) is 2. The molecule has 0 radical (unpaired) electrons. The second-order valence-electron chi connectivity index (χ2n) is 4.39. The van der Waals surface area contributed by atoms with Crippen molar-refractivity contribution in [1.29, 1.82) is 0 Å². The lowest BCUT2D eigenvalue weighted by Gasteiger charge is -2.39. The van der Waals surface area contributed by atoms with Crippen LogP contribution in [0.3, 0.4) is 0 Å². The summed E-state index contributed by atoms with van der Waals surface area (Å²) in [7, 11) is 0. The molecule has 1 aliphatic heterocycles. The fourth-order valence-electron chi connectivity index (χ4n) is 2.08. The molecule has 2 atom stereocenters. The molecule has 0 aromatic carbocycles.